The number of methoxy groups -OCH3 is 1. The van der Waals surface area contributed by atoms with Gasteiger partial charge in [-0.05, 0) is 68.1 Å². The highest BCUT2D eigenvalue weighted by Crippen LogP contribution is 2.24. The molecule has 2 heterocycles. The molecule has 2 aliphatic rings. The summed E-state index contributed by atoms with van der Waals surface area (Å²) >= 11 is 0. The number of ether oxygens (including phenoxy) is 1. The van der Waals surface area contributed by atoms with E-state index < -0.39 is 10.0 Å². The molecule has 2 amide bonds. The standard InChI is InChI=1S/C26H33N3O5S/c1-34-23-11-9-22(10-12-23)27-35(32,33)24-8-6-7-21(19-24)26(31)29-17-13-20(14-18-29)25(30)28-15-4-2-3-5-16-28/h6-12,19-20,27H,2-5,13-18H2,1H3. The Kier molecular flexibility index (Phi) is 7.95. The number of carbonyl (C=O) groups is 2. The molecule has 2 fully saturated rings. The molecule has 2 saturated heterocycles. The lowest BCUT2D eigenvalue weighted by molar-refractivity contribution is -0.136. The molecule has 2 aromatic carbocycles. The first-order valence-corrected chi connectivity index (χ1v) is 13.7. The molecule has 1 N–H and O–H groups in total. The van der Waals surface area contributed by atoms with Gasteiger partial charge in [0.25, 0.3) is 15.9 Å². The zero-order chi connectivity index (χ0) is 24.8. The predicted molar refractivity (Wildman–Crippen MR) is 134 cm³/mol. The zero-order valence-electron chi connectivity index (χ0n) is 20.1. The Hall–Kier alpha value is -3.07. The molecule has 8 nitrogen and oxygen atoms in total. The van der Waals surface area contributed by atoms with E-state index in [1.54, 1.807) is 41.3 Å². The van der Waals surface area contributed by atoms with Gasteiger partial charge in [-0.3, -0.25) is 14.3 Å². The summed E-state index contributed by atoms with van der Waals surface area (Å²) in [5.41, 5.74) is 0.721. The second-order valence-corrected chi connectivity index (χ2v) is 10.9. The van der Waals surface area contributed by atoms with Crippen molar-refractivity contribution >= 4 is 27.5 Å². The summed E-state index contributed by atoms with van der Waals surface area (Å²) in [6.07, 6.45) is 5.77. The van der Waals surface area contributed by atoms with Crippen molar-refractivity contribution in [3.63, 3.8) is 0 Å². The van der Waals surface area contributed by atoms with Gasteiger partial charge in [0.15, 0.2) is 0 Å². The lowest BCUT2D eigenvalue weighted by Crippen LogP contribution is -2.44. The summed E-state index contributed by atoms with van der Waals surface area (Å²) in [5, 5.41) is 0. The molecule has 2 aliphatic heterocycles. The molecule has 9 heteroatoms. The first kappa shape index (κ1) is 25.0. The van der Waals surface area contributed by atoms with Gasteiger partial charge in [0.1, 0.15) is 5.75 Å². The van der Waals surface area contributed by atoms with Crippen LogP contribution in [0.25, 0.3) is 0 Å². The number of hydrogen-bond donors (Lipinski definition) is 1. The number of carbonyl (C=O) groups excluding carboxylic acids is 2. The fourth-order valence-electron chi connectivity index (χ4n) is 4.73. The summed E-state index contributed by atoms with van der Waals surface area (Å²) in [6, 6.07) is 12.6. The van der Waals surface area contributed by atoms with Crippen molar-refractivity contribution in [3.05, 3.63) is 54.1 Å². The maximum Gasteiger partial charge on any atom is 0.261 e. The van der Waals surface area contributed by atoms with E-state index in [2.05, 4.69) is 4.72 Å². The molecule has 0 unspecified atom stereocenters. The van der Waals surface area contributed by atoms with Crippen molar-refractivity contribution in [2.75, 3.05) is 38.0 Å². The topological polar surface area (TPSA) is 96.0 Å². The first-order chi connectivity index (χ1) is 16.9. The second kappa shape index (κ2) is 11.1. The van der Waals surface area contributed by atoms with Crippen LogP contribution in [0.15, 0.2) is 53.4 Å². The van der Waals surface area contributed by atoms with Crippen molar-refractivity contribution in [2.45, 2.75) is 43.4 Å². The van der Waals surface area contributed by atoms with Crippen molar-refractivity contribution in [3.8, 4) is 5.75 Å². The van der Waals surface area contributed by atoms with Gasteiger partial charge >= 0.3 is 0 Å². The lowest BCUT2D eigenvalue weighted by atomic mass is 9.94. The van der Waals surface area contributed by atoms with E-state index in [0.717, 1.165) is 25.9 Å². The summed E-state index contributed by atoms with van der Waals surface area (Å²) < 4.78 is 33.4. The average molecular weight is 500 g/mol. The number of hydrogen-bond acceptors (Lipinski definition) is 5. The molecule has 2 aromatic rings. The Morgan fingerprint density at radius 2 is 1.54 bits per heavy atom. The van der Waals surface area contributed by atoms with Crippen molar-refractivity contribution < 1.29 is 22.7 Å². The minimum absolute atomic E-state index is 0.0189. The highest BCUT2D eigenvalue weighted by Gasteiger charge is 2.31. The van der Waals surface area contributed by atoms with Crippen LogP contribution in [0.3, 0.4) is 0 Å². The predicted octanol–water partition coefficient (Wildman–Crippen LogP) is 3.75. The van der Waals surface area contributed by atoms with Gasteiger partial charge in [-0.2, -0.15) is 0 Å². The van der Waals surface area contributed by atoms with E-state index in [-0.39, 0.29) is 22.6 Å². The minimum atomic E-state index is -3.87. The van der Waals surface area contributed by atoms with E-state index in [4.69, 9.17) is 4.74 Å². The monoisotopic (exact) mass is 499 g/mol. The highest BCUT2D eigenvalue weighted by atomic mass is 32.2. The largest absolute Gasteiger partial charge is 0.497 e. The summed E-state index contributed by atoms with van der Waals surface area (Å²) in [6.45, 7) is 2.65. The molecule has 0 radical (unpaired) electrons. The van der Waals surface area contributed by atoms with Crippen LogP contribution in [0.1, 0.15) is 48.9 Å². The molecule has 0 aromatic heterocycles. The minimum Gasteiger partial charge on any atom is -0.497 e. The van der Waals surface area contributed by atoms with E-state index >= 15 is 0 Å². The van der Waals surface area contributed by atoms with E-state index in [1.165, 1.54) is 32.1 Å². The molecule has 0 saturated carbocycles. The number of sulfonamides is 1. The van der Waals surface area contributed by atoms with Gasteiger partial charge in [0, 0.05) is 43.3 Å². The molecular formula is C26H33N3O5S. The van der Waals surface area contributed by atoms with Crippen LogP contribution in [-0.4, -0.2) is 63.3 Å². The van der Waals surface area contributed by atoms with Gasteiger partial charge in [-0.15, -0.1) is 0 Å². The average Bonchev–Trinajstić information content (AvgIpc) is 3.18. The van der Waals surface area contributed by atoms with Crippen molar-refractivity contribution in [2.24, 2.45) is 5.92 Å². The van der Waals surface area contributed by atoms with E-state index in [0.29, 0.717) is 42.9 Å². The smallest absolute Gasteiger partial charge is 0.261 e. The maximum atomic E-state index is 13.1. The molecule has 0 bridgehead atoms. The molecule has 0 aliphatic carbocycles. The zero-order valence-corrected chi connectivity index (χ0v) is 20.9. The van der Waals surface area contributed by atoms with Crippen LogP contribution in [0.2, 0.25) is 0 Å². The molecule has 188 valence electrons. The van der Waals surface area contributed by atoms with Crippen LogP contribution in [-0.2, 0) is 14.8 Å². The fourth-order valence-corrected chi connectivity index (χ4v) is 5.83. The molecule has 0 spiro atoms. The molecular weight excluding hydrogens is 466 g/mol. The van der Waals surface area contributed by atoms with Gasteiger partial charge in [0.05, 0.1) is 12.0 Å². The van der Waals surface area contributed by atoms with Crippen LogP contribution in [0.4, 0.5) is 5.69 Å². The molecule has 4 rings (SSSR count). The number of anilines is 1. The highest BCUT2D eigenvalue weighted by molar-refractivity contribution is 7.92. The summed E-state index contributed by atoms with van der Waals surface area (Å²) in [4.78, 5) is 29.8. The summed E-state index contributed by atoms with van der Waals surface area (Å²) in [5.74, 6) is 0.582. The third-order valence-corrected chi connectivity index (χ3v) is 8.16. The van der Waals surface area contributed by atoms with Crippen LogP contribution in [0, 0.1) is 5.92 Å². The Morgan fingerprint density at radius 1 is 0.886 bits per heavy atom. The third-order valence-electron chi connectivity index (χ3n) is 6.78. The number of piperidine rings is 1. The number of amides is 2. The van der Waals surface area contributed by atoms with Gasteiger partial charge in [-0.1, -0.05) is 18.9 Å². The second-order valence-electron chi connectivity index (χ2n) is 9.17. The van der Waals surface area contributed by atoms with Gasteiger partial charge < -0.3 is 14.5 Å². The van der Waals surface area contributed by atoms with Crippen LogP contribution < -0.4 is 9.46 Å². The number of nitrogens with zero attached hydrogens (tertiary/aromatic N) is 2. The Morgan fingerprint density at radius 3 is 2.17 bits per heavy atom. The Balaban J connectivity index is 1.38. The Labute approximate surface area is 207 Å². The van der Waals surface area contributed by atoms with Gasteiger partial charge in [0.2, 0.25) is 5.91 Å². The van der Waals surface area contributed by atoms with E-state index in [9.17, 15) is 18.0 Å². The maximum absolute atomic E-state index is 13.1. The SMILES string of the molecule is COc1ccc(NS(=O)(=O)c2cccc(C(=O)N3CCC(C(=O)N4CCCCCC4)CC3)c2)cc1. The van der Waals surface area contributed by atoms with Gasteiger partial charge in [-0.25, -0.2) is 8.42 Å². The molecule has 35 heavy (non-hydrogen) atoms. The lowest BCUT2D eigenvalue weighted by Gasteiger charge is -2.34. The number of nitrogens with one attached hydrogen (secondary N) is 1. The Bertz CT molecular complexity index is 1130. The first-order valence-electron chi connectivity index (χ1n) is 12.2. The number of benzene rings is 2. The normalized spacial score (nSPS) is 17.5. The molecule has 0 atom stereocenters. The number of likely N-dealkylation sites (tertiary alicyclic amines) is 2. The number of rotatable bonds is 6. The van der Waals surface area contributed by atoms with Crippen molar-refractivity contribution in [1.82, 2.24) is 9.80 Å². The van der Waals surface area contributed by atoms with Crippen LogP contribution in [0.5, 0.6) is 5.75 Å². The van der Waals surface area contributed by atoms with Crippen LogP contribution >= 0.6 is 0 Å². The summed E-state index contributed by atoms with van der Waals surface area (Å²) in [7, 11) is -2.33. The fraction of sp³-hybridized carbons (Fsp3) is 0.462. The van der Waals surface area contributed by atoms with Crippen molar-refractivity contribution in [1.29, 1.82) is 0 Å². The van der Waals surface area contributed by atoms with E-state index in [1.807, 2.05) is 4.90 Å². The third kappa shape index (κ3) is 6.14. The quantitative estimate of drug-likeness (QED) is 0.653.